The van der Waals surface area contributed by atoms with Crippen LogP contribution in [0.15, 0.2) is 10.8 Å². The Labute approximate surface area is 133 Å². The average molecular weight is 346 g/mol. The molecule has 0 saturated carbocycles. The van der Waals surface area contributed by atoms with Gasteiger partial charge in [0, 0.05) is 30.1 Å². The SMILES string of the molecule is CCc1nc(CN(C)Cc2csc(CS(C)(=O)=O)n2)cs1. The van der Waals surface area contributed by atoms with E-state index in [0.717, 1.165) is 29.4 Å². The van der Waals surface area contributed by atoms with E-state index in [1.54, 1.807) is 11.3 Å². The molecule has 0 bridgehead atoms. The summed E-state index contributed by atoms with van der Waals surface area (Å²) in [6.07, 6.45) is 2.20. The molecular weight excluding hydrogens is 326 g/mol. The molecule has 8 heteroatoms. The average Bonchev–Trinajstić information content (AvgIpc) is 2.96. The monoisotopic (exact) mass is 345 g/mol. The Hall–Kier alpha value is -0.830. The van der Waals surface area contributed by atoms with Gasteiger partial charge in [-0.1, -0.05) is 6.92 Å². The molecular formula is C13H19N3O2S3. The van der Waals surface area contributed by atoms with E-state index >= 15 is 0 Å². The molecule has 2 rings (SSSR count). The van der Waals surface area contributed by atoms with Crippen LogP contribution >= 0.6 is 22.7 Å². The van der Waals surface area contributed by atoms with Gasteiger partial charge in [-0.15, -0.1) is 22.7 Å². The topological polar surface area (TPSA) is 63.2 Å². The summed E-state index contributed by atoms with van der Waals surface area (Å²) in [5.74, 6) is 0.0212. The van der Waals surface area contributed by atoms with Crippen molar-refractivity contribution in [2.45, 2.75) is 32.2 Å². The second kappa shape index (κ2) is 6.95. The number of thiazole rings is 2. The van der Waals surface area contributed by atoms with Gasteiger partial charge in [0.1, 0.15) is 10.8 Å². The summed E-state index contributed by atoms with van der Waals surface area (Å²) >= 11 is 3.09. The largest absolute Gasteiger partial charge is 0.295 e. The van der Waals surface area contributed by atoms with Crippen LogP contribution in [-0.2, 0) is 35.1 Å². The number of hydrogen-bond donors (Lipinski definition) is 0. The van der Waals surface area contributed by atoms with Crippen molar-refractivity contribution >= 4 is 32.5 Å². The van der Waals surface area contributed by atoms with Crippen LogP contribution in [0.1, 0.15) is 28.3 Å². The number of nitrogens with zero attached hydrogens (tertiary/aromatic N) is 3. The van der Waals surface area contributed by atoms with Gasteiger partial charge in [-0.2, -0.15) is 0 Å². The summed E-state index contributed by atoms with van der Waals surface area (Å²) in [5.41, 5.74) is 1.98. The first-order chi connectivity index (χ1) is 9.85. The fourth-order valence-electron chi connectivity index (χ4n) is 1.91. The predicted molar refractivity (Wildman–Crippen MR) is 87.3 cm³/mol. The highest BCUT2D eigenvalue weighted by molar-refractivity contribution is 7.90. The lowest BCUT2D eigenvalue weighted by molar-refractivity contribution is 0.312. The predicted octanol–water partition coefficient (Wildman–Crippen LogP) is 2.34. The van der Waals surface area contributed by atoms with Crippen molar-refractivity contribution in [2.24, 2.45) is 0 Å². The normalized spacial score (nSPS) is 12.2. The van der Waals surface area contributed by atoms with Crippen molar-refractivity contribution in [3.8, 4) is 0 Å². The first-order valence-electron chi connectivity index (χ1n) is 6.58. The van der Waals surface area contributed by atoms with E-state index in [2.05, 4.69) is 27.2 Å². The maximum Gasteiger partial charge on any atom is 0.153 e. The Morgan fingerprint density at radius 2 is 1.62 bits per heavy atom. The van der Waals surface area contributed by atoms with Gasteiger partial charge < -0.3 is 0 Å². The number of aryl methyl sites for hydroxylation is 1. The highest BCUT2D eigenvalue weighted by atomic mass is 32.2. The second-order valence-electron chi connectivity index (χ2n) is 5.06. The first-order valence-corrected chi connectivity index (χ1v) is 10.4. The molecule has 0 aliphatic carbocycles. The summed E-state index contributed by atoms with van der Waals surface area (Å²) in [6, 6.07) is 0. The van der Waals surface area contributed by atoms with E-state index in [1.165, 1.54) is 17.6 Å². The van der Waals surface area contributed by atoms with Crippen molar-refractivity contribution in [3.05, 3.63) is 32.2 Å². The van der Waals surface area contributed by atoms with Gasteiger partial charge in [0.2, 0.25) is 0 Å². The van der Waals surface area contributed by atoms with Crippen LogP contribution in [0.25, 0.3) is 0 Å². The van der Waals surface area contributed by atoms with Crippen molar-refractivity contribution in [1.82, 2.24) is 14.9 Å². The summed E-state index contributed by atoms with van der Waals surface area (Å²) in [6.45, 7) is 3.57. The molecule has 0 N–H and O–H groups in total. The summed E-state index contributed by atoms with van der Waals surface area (Å²) in [7, 11) is -1.00. The van der Waals surface area contributed by atoms with E-state index in [1.807, 2.05) is 12.4 Å². The minimum Gasteiger partial charge on any atom is -0.295 e. The number of aromatic nitrogens is 2. The number of sulfone groups is 1. The molecule has 0 aliphatic heterocycles. The Bertz CT molecular complexity index is 691. The summed E-state index contributed by atoms with van der Waals surface area (Å²) in [4.78, 5) is 11.1. The zero-order chi connectivity index (χ0) is 15.5. The van der Waals surface area contributed by atoms with Crippen molar-refractivity contribution in [3.63, 3.8) is 0 Å². The lowest BCUT2D eigenvalue weighted by Gasteiger charge is -2.13. The van der Waals surface area contributed by atoms with Gasteiger partial charge in [-0.05, 0) is 13.5 Å². The molecule has 0 atom stereocenters. The molecule has 0 amide bonds. The van der Waals surface area contributed by atoms with Crippen molar-refractivity contribution < 1.29 is 8.42 Å². The molecule has 0 spiro atoms. The summed E-state index contributed by atoms with van der Waals surface area (Å²) in [5, 5.41) is 5.83. The molecule has 0 aliphatic rings. The minimum absolute atomic E-state index is 0.0212. The van der Waals surface area contributed by atoms with Crippen LogP contribution in [0.5, 0.6) is 0 Å². The van der Waals surface area contributed by atoms with E-state index in [9.17, 15) is 8.42 Å². The molecule has 0 unspecified atom stereocenters. The quantitative estimate of drug-likeness (QED) is 0.771. The molecule has 2 aromatic rings. The highest BCUT2D eigenvalue weighted by Gasteiger charge is 2.11. The molecule has 5 nitrogen and oxygen atoms in total. The molecule has 0 fully saturated rings. The van der Waals surface area contributed by atoms with Crippen LogP contribution in [-0.4, -0.2) is 36.6 Å². The summed E-state index contributed by atoms with van der Waals surface area (Å²) < 4.78 is 22.5. The standard InChI is InChI=1S/C13H19N3O2S3/c1-4-12-14-10(7-19-12)5-16(2)6-11-8-20-13(15-11)9-21(3,17)18/h7-8H,4-6,9H2,1-3H3. The third-order valence-electron chi connectivity index (χ3n) is 2.75. The molecule has 0 radical (unpaired) electrons. The molecule has 0 aromatic carbocycles. The molecule has 116 valence electrons. The maximum atomic E-state index is 11.3. The third kappa shape index (κ3) is 5.46. The number of rotatable bonds is 7. The van der Waals surface area contributed by atoms with Crippen LogP contribution in [0.3, 0.4) is 0 Å². The Balaban J connectivity index is 1.92. The maximum absolute atomic E-state index is 11.3. The lowest BCUT2D eigenvalue weighted by atomic mass is 10.4. The first kappa shape index (κ1) is 16.5. The van der Waals surface area contributed by atoms with Crippen LogP contribution in [0.2, 0.25) is 0 Å². The van der Waals surface area contributed by atoms with Crippen molar-refractivity contribution in [2.75, 3.05) is 13.3 Å². The Morgan fingerprint density at radius 1 is 1.10 bits per heavy atom. The van der Waals surface area contributed by atoms with Crippen molar-refractivity contribution in [1.29, 1.82) is 0 Å². The van der Waals surface area contributed by atoms with Crippen LogP contribution < -0.4 is 0 Å². The van der Waals surface area contributed by atoms with E-state index in [0.29, 0.717) is 11.6 Å². The van der Waals surface area contributed by atoms with Gasteiger partial charge in [0.05, 0.1) is 16.4 Å². The van der Waals surface area contributed by atoms with Gasteiger partial charge in [-0.25, -0.2) is 18.4 Å². The van der Waals surface area contributed by atoms with Gasteiger partial charge in [0.15, 0.2) is 9.84 Å². The highest BCUT2D eigenvalue weighted by Crippen LogP contribution is 2.16. The Morgan fingerprint density at radius 3 is 2.10 bits per heavy atom. The minimum atomic E-state index is -3.02. The van der Waals surface area contributed by atoms with Gasteiger partial charge >= 0.3 is 0 Å². The number of hydrogen-bond acceptors (Lipinski definition) is 7. The van der Waals surface area contributed by atoms with E-state index in [-0.39, 0.29) is 5.75 Å². The molecule has 0 saturated heterocycles. The molecule has 21 heavy (non-hydrogen) atoms. The van der Waals surface area contributed by atoms with Gasteiger partial charge in [0.25, 0.3) is 0 Å². The zero-order valence-electron chi connectivity index (χ0n) is 12.4. The third-order valence-corrected chi connectivity index (χ3v) is 5.67. The van der Waals surface area contributed by atoms with E-state index in [4.69, 9.17) is 0 Å². The molecule has 2 aromatic heterocycles. The zero-order valence-corrected chi connectivity index (χ0v) is 14.8. The van der Waals surface area contributed by atoms with Gasteiger partial charge in [-0.3, -0.25) is 4.90 Å². The lowest BCUT2D eigenvalue weighted by Crippen LogP contribution is -2.17. The fraction of sp³-hybridized carbons (Fsp3) is 0.538. The fourth-order valence-corrected chi connectivity index (χ4v) is 4.64. The van der Waals surface area contributed by atoms with Crippen LogP contribution in [0, 0.1) is 0 Å². The smallest absolute Gasteiger partial charge is 0.153 e. The molecule has 2 heterocycles. The second-order valence-corrected chi connectivity index (χ2v) is 9.09. The Kier molecular flexibility index (Phi) is 5.48. The van der Waals surface area contributed by atoms with Crippen LogP contribution in [0.4, 0.5) is 0 Å². The van der Waals surface area contributed by atoms with E-state index < -0.39 is 9.84 Å².